The first-order valence-electron chi connectivity index (χ1n) is 8.87. The van der Waals surface area contributed by atoms with Crippen LogP contribution in [0.2, 0.25) is 0 Å². The van der Waals surface area contributed by atoms with Crippen LogP contribution in [0.25, 0.3) is 10.8 Å². The van der Waals surface area contributed by atoms with E-state index in [-0.39, 0.29) is 30.1 Å². The molecule has 8 heteroatoms. The zero-order valence-electron chi connectivity index (χ0n) is 15.7. The standard InChI is InChI=1S/C19H23N5O3/c1-12-13(2)21-23(14(12)3)10-8-17(25)20-9-11-24-19(27)16-7-5-4-6-15(16)18(26)22-24/h4-7H,8-11H2,1-3H3,(H,20,25)(H,22,26). The highest BCUT2D eigenvalue weighted by molar-refractivity contribution is 5.80. The molecule has 0 atom stereocenters. The minimum Gasteiger partial charge on any atom is -0.354 e. The molecular formula is C19H23N5O3. The zero-order valence-corrected chi connectivity index (χ0v) is 15.7. The first-order chi connectivity index (χ1) is 12.9. The molecule has 0 aliphatic rings. The fourth-order valence-corrected chi connectivity index (χ4v) is 3.01. The van der Waals surface area contributed by atoms with Gasteiger partial charge in [-0.05, 0) is 38.5 Å². The first kappa shape index (κ1) is 18.6. The number of hydrogen-bond donors (Lipinski definition) is 2. The number of nitrogens with zero attached hydrogens (tertiary/aromatic N) is 3. The molecule has 1 aromatic carbocycles. The maximum atomic E-state index is 12.4. The molecule has 0 unspecified atom stereocenters. The summed E-state index contributed by atoms with van der Waals surface area (Å²) in [6, 6.07) is 6.67. The van der Waals surface area contributed by atoms with Crippen LogP contribution in [-0.2, 0) is 17.9 Å². The Morgan fingerprint density at radius 3 is 2.48 bits per heavy atom. The van der Waals surface area contributed by atoms with Crippen LogP contribution in [0, 0.1) is 20.8 Å². The summed E-state index contributed by atoms with van der Waals surface area (Å²) in [6.07, 6.45) is 0.296. The molecule has 0 bridgehead atoms. The van der Waals surface area contributed by atoms with Crippen LogP contribution in [0.5, 0.6) is 0 Å². The second kappa shape index (κ2) is 7.61. The van der Waals surface area contributed by atoms with Crippen LogP contribution in [0.1, 0.15) is 23.4 Å². The van der Waals surface area contributed by atoms with Crippen LogP contribution >= 0.6 is 0 Å². The van der Waals surface area contributed by atoms with Crippen molar-refractivity contribution >= 4 is 16.7 Å². The third kappa shape index (κ3) is 3.84. The van der Waals surface area contributed by atoms with E-state index in [9.17, 15) is 14.4 Å². The van der Waals surface area contributed by atoms with E-state index in [4.69, 9.17) is 0 Å². The van der Waals surface area contributed by atoms with Gasteiger partial charge in [-0.2, -0.15) is 5.10 Å². The van der Waals surface area contributed by atoms with Gasteiger partial charge in [-0.1, -0.05) is 12.1 Å². The summed E-state index contributed by atoms with van der Waals surface area (Å²) in [5, 5.41) is 10.5. The third-order valence-corrected chi connectivity index (χ3v) is 4.84. The van der Waals surface area contributed by atoms with Gasteiger partial charge in [-0.15, -0.1) is 0 Å². The summed E-state index contributed by atoms with van der Waals surface area (Å²) in [7, 11) is 0. The van der Waals surface area contributed by atoms with Gasteiger partial charge >= 0.3 is 0 Å². The molecule has 0 fully saturated rings. The molecule has 2 heterocycles. The minimum absolute atomic E-state index is 0.128. The number of aromatic nitrogens is 4. The van der Waals surface area contributed by atoms with Crippen molar-refractivity contribution in [2.24, 2.45) is 0 Å². The van der Waals surface area contributed by atoms with Gasteiger partial charge in [-0.3, -0.25) is 24.2 Å². The molecule has 2 aromatic heterocycles. The lowest BCUT2D eigenvalue weighted by molar-refractivity contribution is -0.121. The maximum Gasteiger partial charge on any atom is 0.273 e. The number of benzene rings is 1. The van der Waals surface area contributed by atoms with Crippen LogP contribution < -0.4 is 16.4 Å². The van der Waals surface area contributed by atoms with Crippen LogP contribution in [0.4, 0.5) is 0 Å². The van der Waals surface area contributed by atoms with Crippen molar-refractivity contribution in [3.05, 3.63) is 61.9 Å². The van der Waals surface area contributed by atoms with Crippen molar-refractivity contribution in [2.75, 3.05) is 6.54 Å². The molecule has 3 aromatic rings. The van der Waals surface area contributed by atoms with Crippen LogP contribution in [0.15, 0.2) is 33.9 Å². The highest BCUT2D eigenvalue weighted by Crippen LogP contribution is 2.11. The lowest BCUT2D eigenvalue weighted by atomic mass is 10.2. The summed E-state index contributed by atoms with van der Waals surface area (Å²) in [6.45, 7) is 6.89. The lowest BCUT2D eigenvalue weighted by Gasteiger charge is -2.09. The van der Waals surface area contributed by atoms with Gasteiger partial charge in [0.15, 0.2) is 0 Å². The quantitative estimate of drug-likeness (QED) is 0.677. The SMILES string of the molecule is Cc1nn(CCC(=O)NCCn2[nH]c(=O)c3ccccc3c2=O)c(C)c1C. The molecule has 142 valence electrons. The normalized spacial score (nSPS) is 11.1. The Labute approximate surface area is 155 Å². The fourth-order valence-electron chi connectivity index (χ4n) is 3.01. The van der Waals surface area contributed by atoms with E-state index in [1.54, 1.807) is 24.3 Å². The van der Waals surface area contributed by atoms with E-state index in [1.807, 2.05) is 25.5 Å². The molecule has 3 rings (SSSR count). The molecule has 0 aliphatic carbocycles. The van der Waals surface area contributed by atoms with E-state index in [2.05, 4.69) is 15.5 Å². The predicted molar refractivity (Wildman–Crippen MR) is 103 cm³/mol. The number of rotatable bonds is 6. The molecule has 1 amide bonds. The zero-order chi connectivity index (χ0) is 19.6. The number of fused-ring (bicyclic) bond motifs is 1. The van der Waals surface area contributed by atoms with Gasteiger partial charge in [-0.25, -0.2) is 4.68 Å². The maximum absolute atomic E-state index is 12.4. The Morgan fingerprint density at radius 2 is 1.81 bits per heavy atom. The number of aromatic amines is 1. The predicted octanol–water partition coefficient (Wildman–Crippen LogP) is 1.02. The van der Waals surface area contributed by atoms with Gasteiger partial charge in [0.05, 0.1) is 23.0 Å². The second-order valence-corrected chi connectivity index (χ2v) is 6.56. The van der Waals surface area contributed by atoms with E-state index in [0.29, 0.717) is 23.7 Å². The van der Waals surface area contributed by atoms with Gasteiger partial charge in [0.25, 0.3) is 11.1 Å². The van der Waals surface area contributed by atoms with Crippen LogP contribution in [-0.4, -0.2) is 32.0 Å². The number of carbonyl (C=O) groups is 1. The van der Waals surface area contributed by atoms with E-state index in [1.165, 1.54) is 4.68 Å². The first-order valence-corrected chi connectivity index (χ1v) is 8.87. The Kier molecular flexibility index (Phi) is 5.25. The molecule has 0 aliphatic heterocycles. The summed E-state index contributed by atoms with van der Waals surface area (Å²) in [4.78, 5) is 36.5. The molecule has 0 saturated heterocycles. The smallest absolute Gasteiger partial charge is 0.273 e. The highest BCUT2D eigenvalue weighted by Gasteiger charge is 2.10. The van der Waals surface area contributed by atoms with Crippen LogP contribution in [0.3, 0.4) is 0 Å². The van der Waals surface area contributed by atoms with E-state index < -0.39 is 0 Å². The third-order valence-electron chi connectivity index (χ3n) is 4.84. The number of nitrogens with one attached hydrogen (secondary N) is 2. The number of hydrogen-bond acceptors (Lipinski definition) is 4. The average Bonchev–Trinajstić information content (AvgIpc) is 2.91. The van der Waals surface area contributed by atoms with Gasteiger partial charge in [0.2, 0.25) is 5.91 Å². The van der Waals surface area contributed by atoms with Crippen molar-refractivity contribution in [1.29, 1.82) is 0 Å². The largest absolute Gasteiger partial charge is 0.354 e. The summed E-state index contributed by atoms with van der Waals surface area (Å²) < 4.78 is 3.06. The molecule has 27 heavy (non-hydrogen) atoms. The molecule has 2 N–H and O–H groups in total. The summed E-state index contributed by atoms with van der Waals surface area (Å²) in [5.41, 5.74) is 2.55. The average molecular weight is 369 g/mol. The Hall–Kier alpha value is -3.16. The lowest BCUT2D eigenvalue weighted by Crippen LogP contribution is -2.35. The van der Waals surface area contributed by atoms with Crippen molar-refractivity contribution in [2.45, 2.75) is 40.3 Å². The topological polar surface area (TPSA) is 102 Å². The molecule has 0 radical (unpaired) electrons. The summed E-state index contributed by atoms with van der Waals surface area (Å²) in [5.74, 6) is -0.128. The van der Waals surface area contributed by atoms with Gasteiger partial charge in [0, 0.05) is 25.2 Å². The Bertz CT molecular complexity index is 1110. The number of aryl methyl sites for hydroxylation is 2. The van der Waals surface area contributed by atoms with Crippen molar-refractivity contribution < 1.29 is 4.79 Å². The number of carbonyl (C=O) groups excluding carboxylic acids is 1. The number of amides is 1. The summed E-state index contributed by atoms with van der Waals surface area (Å²) >= 11 is 0. The van der Waals surface area contributed by atoms with Gasteiger partial charge in [0.1, 0.15) is 0 Å². The Morgan fingerprint density at radius 1 is 1.11 bits per heavy atom. The van der Waals surface area contributed by atoms with Crippen molar-refractivity contribution in [1.82, 2.24) is 24.9 Å². The minimum atomic E-state index is -0.323. The fraction of sp³-hybridized carbons (Fsp3) is 0.368. The Balaban J connectivity index is 1.58. The van der Waals surface area contributed by atoms with Gasteiger partial charge < -0.3 is 5.32 Å². The molecule has 8 nitrogen and oxygen atoms in total. The van der Waals surface area contributed by atoms with Crippen molar-refractivity contribution in [3.63, 3.8) is 0 Å². The second-order valence-electron chi connectivity index (χ2n) is 6.56. The monoisotopic (exact) mass is 369 g/mol. The van der Waals surface area contributed by atoms with Crippen molar-refractivity contribution in [3.8, 4) is 0 Å². The van der Waals surface area contributed by atoms with E-state index in [0.717, 1.165) is 17.0 Å². The highest BCUT2D eigenvalue weighted by atomic mass is 16.2. The molecular weight excluding hydrogens is 346 g/mol. The molecule has 0 spiro atoms. The molecule has 0 saturated carbocycles. The van der Waals surface area contributed by atoms with E-state index >= 15 is 0 Å². The number of H-pyrrole nitrogens is 1.